The van der Waals surface area contributed by atoms with Gasteiger partial charge in [-0.2, -0.15) is 5.10 Å². The predicted octanol–water partition coefficient (Wildman–Crippen LogP) is 3.93. The summed E-state index contributed by atoms with van der Waals surface area (Å²) in [5.41, 5.74) is 2.91. The highest BCUT2D eigenvalue weighted by Crippen LogP contribution is 2.36. The summed E-state index contributed by atoms with van der Waals surface area (Å²) >= 11 is 12.2. The van der Waals surface area contributed by atoms with Crippen LogP contribution < -0.4 is 0 Å². The van der Waals surface area contributed by atoms with E-state index in [1.54, 1.807) is 38.7 Å². The van der Waals surface area contributed by atoms with Crippen molar-refractivity contribution >= 4 is 44.9 Å². The molecule has 1 aromatic heterocycles. The molecule has 0 bridgehead atoms. The van der Waals surface area contributed by atoms with Gasteiger partial charge in [-0.1, -0.05) is 35.3 Å². The number of sulfone groups is 1. The van der Waals surface area contributed by atoms with Crippen LogP contribution in [0.4, 0.5) is 0 Å². The van der Waals surface area contributed by atoms with Gasteiger partial charge >= 0.3 is 0 Å². The predicted molar refractivity (Wildman–Crippen MR) is 147 cm³/mol. The molecule has 3 atom stereocenters. The molecule has 0 radical (unpaired) electrons. The fraction of sp³-hybridized carbons (Fsp3) is 0.370. The largest absolute Gasteiger partial charge is 0.394 e. The molecule has 1 N–H and O–H groups in total. The molecule has 0 saturated heterocycles. The third-order valence-electron chi connectivity index (χ3n) is 7.55. The Bertz CT molecular complexity index is 1570. The van der Waals surface area contributed by atoms with Crippen molar-refractivity contribution in [3.63, 3.8) is 0 Å². The molecular formula is C27H28Cl2N4O5S. The van der Waals surface area contributed by atoms with Crippen molar-refractivity contribution in [1.29, 1.82) is 0 Å². The van der Waals surface area contributed by atoms with Gasteiger partial charge in [0.25, 0.3) is 11.8 Å². The molecule has 12 heteroatoms. The van der Waals surface area contributed by atoms with Gasteiger partial charge in [0.15, 0.2) is 9.84 Å². The van der Waals surface area contributed by atoms with Gasteiger partial charge in [0.1, 0.15) is 5.69 Å². The molecule has 0 spiro atoms. The Balaban J connectivity index is 1.48. The van der Waals surface area contributed by atoms with Crippen LogP contribution >= 0.6 is 23.2 Å². The molecule has 0 aliphatic carbocycles. The van der Waals surface area contributed by atoms with E-state index in [0.29, 0.717) is 28.3 Å². The maximum Gasteiger partial charge on any atom is 0.273 e. The lowest BCUT2D eigenvalue weighted by atomic mass is 9.96. The number of halogens is 2. The van der Waals surface area contributed by atoms with E-state index in [0.717, 1.165) is 17.5 Å². The number of carbonyl (C=O) groups is 2. The van der Waals surface area contributed by atoms with E-state index < -0.39 is 21.9 Å². The third-order valence-corrected chi connectivity index (χ3v) is 9.42. The van der Waals surface area contributed by atoms with E-state index >= 15 is 0 Å². The summed E-state index contributed by atoms with van der Waals surface area (Å²) in [4.78, 5) is 30.9. The van der Waals surface area contributed by atoms with Crippen molar-refractivity contribution < 1.29 is 23.1 Å². The van der Waals surface area contributed by atoms with Crippen LogP contribution in [0.2, 0.25) is 10.0 Å². The minimum absolute atomic E-state index is 0.178. The number of nitrogens with zero attached hydrogens (tertiary/aromatic N) is 4. The van der Waals surface area contributed by atoms with Gasteiger partial charge < -0.3 is 14.9 Å². The first kappa shape index (κ1) is 27.6. The van der Waals surface area contributed by atoms with Gasteiger partial charge in [0, 0.05) is 36.4 Å². The molecule has 5 rings (SSSR count). The zero-order valence-electron chi connectivity index (χ0n) is 21.6. The Morgan fingerprint density at radius 1 is 1.15 bits per heavy atom. The lowest BCUT2D eigenvalue weighted by Crippen LogP contribution is -2.46. The quantitative estimate of drug-likeness (QED) is 0.481. The minimum Gasteiger partial charge on any atom is -0.394 e. The summed E-state index contributed by atoms with van der Waals surface area (Å²) in [6.45, 7) is 3.98. The number of hydrogen-bond acceptors (Lipinski definition) is 6. The monoisotopic (exact) mass is 590 g/mol. The van der Waals surface area contributed by atoms with Crippen LogP contribution in [0.15, 0.2) is 47.4 Å². The van der Waals surface area contributed by atoms with E-state index in [9.17, 15) is 23.1 Å². The highest BCUT2D eigenvalue weighted by molar-refractivity contribution is 7.90. The topological polar surface area (TPSA) is 113 Å². The Labute approximate surface area is 236 Å². The van der Waals surface area contributed by atoms with Crippen LogP contribution in [0.5, 0.6) is 0 Å². The van der Waals surface area contributed by atoms with E-state index in [2.05, 4.69) is 0 Å². The summed E-state index contributed by atoms with van der Waals surface area (Å²) in [6, 6.07) is 10.2. The minimum atomic E-state index is -3.35. The van der Waals surface area contributed by atoms with Crippen LogP contribution in [0.1, 0.15) is 63.6 Å². The third kappa shape index (κ3) is 4.95. The number of carbonyl (C=O) groups excluding carboxylic acids is 2. The molecule has 2 aromatic carbocycles. The molecular weight excluding hydrogens is 563 g/mol. The Hall–Kier alpha value is -2.92. The lowest BCUT2D eigenvalue weighted by Gasteiger charge is -2.38. The number of hydrogen-bond donors (Lipinski definition) is 1. The van der Waals surface area contributed by atoms with Crippen LogP contribution in [0.25, 0.3) is 0 Å². The molecule has 0 saturated carbocycles. The maximum atomic E-state index is 13.9. The number of aliphatic hydroxyl groups is 1. The molecule has 2 aliphatic rings. The van der Waals surface area contributed by atoms with Gasteiger partial charge in [-0.25, -0.2) is 8.42 Å². The number of rotatable bonds is 5. The number of aromatic nitrogens is 2. The first-order chi connectivity index (χ1) is 18.4. The van der Waals surface area contributed by atoms with Crippen LogP contribution in [0.3, 0.4) is 0 Å². The van der Waals surface area contributed by atoms with E-state index in [-0.39, 0.29) is 47.5 Å². The van der Waals surface area contributed by atoms with Crippen molar-refractivity contribution in [2.75, 3.05) is 19.4 Å². The van der Waals surface area contributed by atoms with E-state index in [4.69, 9.17) is 28.3 Å². The molecule has 39 heavy (non-hydrogen) atoms. The second kappa shape index (κ2) is 10.2. The summed E-state index contributed by atoms with van der Waals surface area (Å²) in [6.07, 6.45) is 1.60. The number of fused-ring (bicyclic) bond motifs is 3. The normalized spacial score (nSPS) is 20.0. The Morgan fingerprint density at radius 2 is 1.85 bits per heavy atom. The van der Waals surface area contributed by atoms with Crippen LogP contribution in [-0.2, 0) is 22.8 Å². The zero-order chi connectivity index (χ0) is 28.2. The van der Waals surface area contributed by atoms with Crippen molar-refractivity contribution in [1.82, 2.24) is 19.6 Å². The number of aliphatic hydroxyl groups excluding tert-OH is 1. The second-order valence-corrected chi connectivity index (χ2v) is 13.0. The fourth-order valence-electron chi connectivity index (χ4n) is 5.29. The maximum absolute atomic E-state index is 13.9. The number of amides is 2. The number of benzene rings is 2. The molecule has 1 unspecified atom stereocenters. The van der Waals surface area contributed by atoms with Crippen LogP contribution in [0, 0.1) is 0 Å². The lowest BCUT2D eigenvalue weighted by molar-refractivity contribution is 0.0514. The molecule has 2 amide bonds. The average Bonchev–Trinajstić information content (AvgIpc) is 3.27. The smallest absolute Gasteiger partial charge is 0.273 e. The van der Waals surface area contributed by atoms with Gasteiger partial charge in [-0.3, -0.25) is 14.3 Å². The summed E-state index contributed by atoms with van der Waals surface area (Å²) in [7, 11) is -3.35. The fourth-order valence-corrected chi connectivity index (χ4v) is 6.21. The molecule has 3 aromatic rings. The molecule has 206 valence electrons. The van der Waals surface area contributed by atoms with E-state index in [1.807, 2.05) is 13.8 Å². The first-order valence-electron chi connectivity index (χ1n) is 12.5. The zero-order valence-corrected chi connectivity index (χ0v) is 24.0. The standard InChI is InChI=1S/C27H28Cl2N4O5S/c1-15-10-24-21(13-31(15)26(35)18-6-9-22(28)23(29)11-18)25-27(36)32(12-19(14-34)33(25)30-24)16(2)17-4-7-20(8-5-17)39(3,37)38/h4-9,11,15-16,19,34H,10,12-14H2,1-3H3/t15-,16?,19+/m1/s1. The summed E-state index contributed by atoms with van der Waals surface area (Å²) in [5.74, 6) is -0.491. The highest BCUT2D eigenvalue weighted by Gasteiger charge is 2.41. The van der Waals surface area contributed by atoms with E-state index in [1.165, 1.54) is 18.2 Å². The van der Waals surface area contributed by atoms with Crippen molar-refractivity contribution in [2.24, 2.45) is 0 Å². The molecule has 3 heterocycles. The molecule has 9 nitrogen and oxygen atoms in total. The Kier molecular flexibility index (Phi) is 7.26. The Morgan fingerprint density at radius 3 is 2.46 bits per heavy atom. The van der Waals surface area contributed by atoms with Gasteiger partial charge in [-0.05, 0) is 49.7 Å². The first-order valence-corrected chi connectivity index (χ1v) is 15.1. The summed E-state index contributed by atoms with van der Waals surface area (Å²) in [5, 5.41) is 15.6. The second-order valence-electron chi connectivity index (χ2n) is 10.1. The van der Waals surface area contributed by atoms with Crippen LogP contribution in [-0.4, -0.2) is 70.4 Å². The SMILES string of the molecule is CC(c1ccc(S(C)(=O)=O)cc1)N1C[C@@H](CO)n2nc3c(c2C1=O)CN(C(=O)c1ccc(Cl)c(Cl)c1)[C@H](C)C3. The highest BCUT2D eigenvalue weighted by atomic mass is 35.5. The van der Waals surface area contributed by atoms with Gasteiger partial charge in [0.05, 0.1) is 45.9 Å². The average molecular weight is 592 g/mol. The summed E-state index contributed by atoms with van der Waals surface area (Å²) < 4.78 is 25.3. The van der Waals surface area contributed by atoms with Gasteiger partial charge in [-0.15, -0.1) is 0 Å². The molecule has 2 aliphatic heterocycles. The van der Waals surface area contributed by atoms with Crippen molar-refractivity contribution in [3.05, 3.63) is 80.6 Å². The van der Waals surface area contributed by atoms with Crippen molar-refractivity contribution in [3.8, 4) is 0 Å². The molecule has 0 fully saturated rings. The van der Waals surface area contributed by atoms with Gasteiger partial charge in [0.2, 0.25) is 0 Å². The van der Waals surface area contributed by atoms with Crippen molar-refractivity contribution in [2.45, 2.75) is 49.8 Å².